The average Bonchev–Trinajstić information content (AvgIpc) is 2.88. The maximum atomic E-state index is 13.5. The molecule has 1 aromatic carbocycles. The van der Waals surface area contributed by atoms with Crippen molar-refractivity contribution in [2.24, 2.45) is 0 Å². The van der Waals surface area contributed by atoms with E-state index in [9.17, 15) is 22.4 Å². The molecule has 0 unspecified atom stereocenters. The Morgan fingerprint density at radius 3 is 2.67 bits per heavy atom. The molecule has 0 bridgehead atoms. The monoisotopic (exact) mass is 302 g/mol. The van der Waals surface area contributed by atoms with Gasteiger partial charge in [-0.3, -0.25) is 9.89 Å². The highest BCUT2D eigenvalue weighted by Crippen LogP contribution is 2.31. The Labute approximate surface area is 116 Å². The number of nitrogens with one attached hydrogen (secondary N) is 2. The lowest BCUT2D eigenvalue weighted by Gasteiger charge is -2.10. The number of H-pyrrole nitrogens is 1. The third-order valence-corrected chi connectivity index (χ3v) is 2.61. The number of rotatable bonds is 3. The van der Waals surface area contributed by atoms with Crippen molar-refractivity contribution >= 4 is 11.6 Å². The van der Waals surface area contributed by atoms with Crippen molar-refractivity contribution in [3.8, 4) is 0 Å². The Bertz CT molecular complexity index is 666. The Hall–Kier alpha value is -2.45. The number of hydrogen-bond acceptors (Lipinski definition) is 3. The van der Waals surface area contributed by atoms with Gasteiger partial charge in [-0.2, -0.15) is 13.2 Å². The second-order valence-electron chi connectivity index (χ2n) is 4.11. The van der Waals surface area contributed by atoms with Gasteiger partial charge in [0, 0.05) is 6.42 Å². The van der Waals surface area contributed by atoms with Gasteiger partial charge >= 0.3 is 6.18 Å². The van der Waals surface area contributed by atoms with Crippen LogP contribution in [0.25, 0.3) is 0 Å². The molecule has 2 N–H and O–H groups in total. The van der Waals surface area contributed by atoms with Crippen molar-refractivity contribution in [3.63, 3.8) is 0 Å². The molecule has 0 spiro atoms. The average molecular weight is 302 g/mol. The summed E-state index contributed by atoms with van der Waals surface area (Å²) >= 11 is 0. The molecule has 1 aromatic heterocycles. The van der Waals surface area contributed by atoms with Gasteiger partial charge in [-0.15, -0.1) is 5.10 Å². The van der Waals surface area contributed by atoms with Crippen LogP contribution in [0.3, 0.4) is 0 Å². The molecule has 1 heterocycles. The molecule has 0 fully saturated rings. The predicted molar refractivity (Wildman–Crippen MR) is 65.1 cm³/mol. The van der Waals surface area contributed by atoms with Crippen molar-refractivity contribution in [2.75, 3.05) is 5.32 Å². The molecule has 0 aliphatic heterocycles. The molecule has 112 valence electrons. The highest BCUT2D eigenvalue weighted by molar-refractivity contribution is 6.01. The third-order valence-electron chi connectivity index (χ3n) is 2.61. The van der Waals surface area contributed by atoms with Crippen LogP contribution in [0.1, 0.15) is 28.9 Å². The van der Waals surface area contributed by atoms with E-state index in [1.54, 1.807) is 6.92 Å². The first-order valence-corrected chi connectivity index (χ1v) is 5.90. The Morgan fingerprint density at radius 1 is 1.38 bits per heavy atom. The van der Waals surface area contributed by atoms with Crippen molar-refractivity contribution in [1.82, 2.24) is 15.2 Å². The molecule has 21 heavy (non-hydrogen) atoms. The minimum absolute atomic E-state index is 0.274. The number of halogens is 4. The van der Waals surface area contributed by atoms with Crippen molar-refractivity contribution in [2.45, 2.75) is 19.5 Å². The molecular weight excluding hydrogens is 292 g/mol. The van der Waals surface area contributed by atoms with Crippen LogP contribution in [0.5, 0.6) is 0 Å². The van der Waals surface area contributed by atoms with Gasteiger partial charge in [-0.1, -0.05) is 6.92 Å². The molecule has 0 saturated carbocycles. The number of aryl methyl sites for hydroxylation is 1. The first-order valence-electron chi connectivity index (χ1n) is 5.90. The van der Waals surface area contributed by atoms with E-state index in [4.69, 9.17) is 0 Å². The number of aromatic nitrogens is 3. The quantitative estimate of drug-likeness (QED) is 0.856. The van der Waals surface area contributed by atoms with Gasteiger partial charge in [-0.05, 0) is 18.2 Å². The Balaban J connectivity index is 2.24. The lowest BCUT2D eigenvalue weighted by Crippen LogP contribution is -2.16. The minimum atomic E-state index is -4.63. The zero-order valence-corrected chi connectivity index (χ0v) is 10.8. The molecule has 1 amide bonds. The van der Waals surface area contributed by atoms with Crippen LogP contribution in [0.4, 0.5) is 23.2 Å². The molecule has 5 nitrogen and oxygen atoms in total. The van der Waals surface area contributed by atoms with E-state index in [0.29, 0.717) is 30.4 Å². The summed E-state index contributed by atoms with van der Waals surface area (Å²) in [7, 11) is 0. The predicted octanol–water partition coefficient (Wildman–Crippen LogP) is 2.78. The van der Waals surface area contributed by atoms with Crippen LogP contribution in [0, 0.1) is 5.82 Å². The third kappa shape index (κ3) is 3.36. The second kappa shape index (κ2) is 5.51. The second-order valence-corrected chi connectivity index (χ2v) is 4.11. The highest BCUT2D eigenvalue weighted by Gasteiger charge is 2.31. The highest BCUT2D eigenvalue weighted by atomic mass is 19.4. The van der Waals surface area contributed by atoms with Crippen LogP contribution in [-0.2, 0) is 12.6 Å². The van der Waals surface area contributed by atoms with Gasteiger partial charge in [0.05, 0.1) is 11.3 Å². The van der Waals surface area contributed by atoms with Crippen LogP contribution >= 0.6 is 0 Å². The SMILES string of the molecule is CCc1nc(C(=O)Nc2cc(C(F)(F)F)ccc2F)n[nH]1. The minimum Gasteiger partial charge on any atom is -0.317 e. The molecule has 0 saturated heterocycles. The summed E-state index contributed by atoms with van der Waals surface area (Å²) in [6, 6.07) is 1.74. The number of nitrogens with zero attached hydrogens (tertiary/aromatic N) is 2. The summed E-state index contributed by atoms with van der Waals surface area (Å²) in [5, 5.41) is 8.09. The maximum absolute atomic E-state index is 13.5. The molecule has 0 radical (unpaired) electrons. The van der Waals surface area contributed by atoms with E-state index in [1.165, 1.54) is 0 Å². The normalized spacial score (nSPS) is 11.5. The van der Waals surface area contributed by atoms with Gasteiger partial charge in [-0.25, -0.2) is 9.37 Å². The zero-order chi connectivity index (χ0) is 15.6. The summed E-state index contributed by atoms with van der Waals surface area (Å²) in [4.78, 5) is 15.6. The fourth-order valence-corrected chi connectivity index (χ4v) is 1.53. The first kappa shape index (κ1) is 14.9. The molecule has 2 rings (SSSR count). The summed E-state index contributed by atoms with van der Waals surface area (Å²) < 4.78 is 51.1. The fraction of sp³-hybridized carbons (Fsp3) is 0.250. The number of anilines is 1. The van der Waals surface area contributed by atoms with Crippen LogP contribution in [-0.4, -0.2) is 21.1 Å². The topological polar surface area (TPSA) is 70.7 Å². The lowest BCUT2D eigenvalue weighted by atomic mass is 10.2. The Morgan fingerprint density at radius 2 is 2.10 bits per heavy atom. The lowest BCUT2D eigenvalue weighted by molar-refractivity contribution is -0.137. The van der Waals surface area contributed by atoms with Crippen LogP contribution in [0.15, 0.2) is 18.2 Å². The smallest absolute Gasteiger partial charge is 0.317 e. The van der Waals surface area contributed by atoms with Gasteiger partial charge in [0.1, 0.15) is 11.6 Å². The van der Waals surface area contributed by atoms with Gasteiger partial charge in [0.15, 0.2) is 0 Å². The van der Waals surface area contributed by atoms with E-state index in [2.05, 4.69) is 15.2 Å². The van der Waals surface area contributed by atoms with E-state index < -0.39 is 29.2 Å². The molecule has 0 aliphatic rings. The van der Waals surface area contributed by atoms with E-state index in [0.717, 1.165) is 0 Å². The molecule has 0 aliphatic carbocycles. The van der Waals surface area contributed by atoms with E-state index in [1.807, 2.05) is 5.32 Å². The number of carbonyl (C=O) groups is 1. The van der Waals surface area contributed by atoms with E-state index in [-0.39, 0.29) is 5.82 Å². The largest absolute Gasteiger partial charge is 0.416 e. The maximum Gasteiger partial charge on any atom is 0.416 e. The standard InChI is InChI=1S/C12H10F4N4O/c1-2-9-18-10(20-19-9)11(21)17-8-5-6(12(14,15)16)3-4-7(8)13/h3-5H,2H2,1H3,(H,17,21)(H,18,19,20). The Kier molecular flexibility index (Phi) is 3.92. The molecule has 2 aromatic rings. The summed E-state index contributed by atoms with van der Waals surface area (Å²) in [5.41, 5.74) is -1.65. The van der Waals surface area contributed by atoms with Crippen molar-refractivity contribution in [1.29, 1.82) is 0 Å². The number of carbonyl (C=O) groups excluding carboxylic acids is 1. The summed E-state index contributed by atoms with van der Waals surface area (Å²) in [6.07, 6.45) is -4.13. The zero-order valence-electron chi connectivity index (χ0n) is 10.8. The van der Waals surface area contributed by atoms with Crippen LogP contribution in [0.2, 0.25) is 0 Å². The number of alkyl halides is 3. The van der Waals surface area contributed by atoms with E-state index >= 15 is 0 Å². The van der Waals surface area contributed by atoms with Crippen LogP contribution < -0.4 is 5.32 Å². The molecular formula is C12H10F4N4O. The number of hydrogen-bond donors (Lipinski definition) is 2. The molecule has 9 heteroatoms. The first-order chi connectivity index (χ1) is 9.81. The van der Waals surface area contributed by atoms with Gasteiger partial charge in [0.2, 0.25) is 5.82 Å². The number of aromatic amines is 1. The van der Waals surface area contributed by atoms with Gasteiger partial charge < -0.3 is 5.32 Å². The fourth-order valence-electron chi connectivity index (χ4n) is 1.53. The van der Waals surface area contributed by atoms with Crippen molar-refractivity contribution in [3.05, 3.63) is 41.2 Å². The number of benzene rings is 1. The van der Waals surface area contributed by atoms with Gasteiger partial charge in [0.25, 0.3) is 5.91 Å². The number of amides is 1. The summed E-state index contributed by atoms with van der Waals surface area (Å²) in [6.45, 7) is 1.77. The van der Waals surface area contributed by atoms with Crippen molar-refractivity contribution < 1.29 is 22.4 Å². The molecule has 0 atom stereocenters. The summed E-state index contributed by atoms with van der Waals surface area (Å²) in [5.74, 6) is -1.72.